The maximum absolute atomic E-state index is 11.9. The van der Waals surface area contributed by atoms with E-state index < -0.39 is 0 Å². The lowest BCUT2D eigenvalue weighted by Crippen LogP contribution is -2.20. The van der Waals surface area contributed by atoms with Gasteiger partial charge in [-0.25, -0.2) is 4.98 Å². The van der Waals surface area contributed by atoms with E-state index in [1.807, 2.05) is 42.6 Å². The van der Waals surface area contributed by atoms with E-state index in [2.05, 4.69) is 17.2 Å². The van der Waals surface area contributed by atoms with Crippen LogP contribution in [0.2, 0.25) is 0 Å². The van der Waals surface area contributed by atoms with Gasteiger partial charge < -0.3 is 5.32 Å². The van der Waals surface area contributed by atoms with Gasteiger partial charge >= 0.3 is 0 Å². The molecule has 1 N–H and O–H groups in total. The molecule has 19 heavy (non-hydrogen) atoms. The first kappa shape index (κ1) is 13.7. The highest BCUT2D eigenvalue weighted by Crippen LogP contribution is 2.25. The number of nitrogens with zero attached hydrogens (tertiary/aromatic N) is 1. The SMILES string of the molecule is CCCC(C)C(=O)Nc1nc(-c2ccccc2)cs1. The molecule has 2 rings (SSSR count). The largest absolute Gasteiger partial charge is 0.302 e. The molecule has 0 aliphatic heterocycles. The Morgan fingerprint density at radius 3 is 2.79 bits per heavy atom. The number of carbonyl (C=O) groups excluding carboxylic acids is 1. The Morgan fingerprint density at radius 2 is 2.11 bits per heavy atom. The fourth-order valence-electron chi connectivity index (χ4n) is 1.87. The van der Waals surface area contributed by atoms with Crippen molar-refractivity contribution in [1.29, 1.82) is 0 Å². The number of benzene rings is 1. The molecule has 2 aromatic rings. The predicted octanol–water partition coefficient (Wildman–Crippen LogP) is 4.18. The van der Waals surface area contributed by atoms with Crippen molar-refractivity contribution in [3.63, 3.8) is 0 Å². The molecule has 1 aromatic carbocycles. The fourth-order valence-corrected chi connectivity index (χ4v) is 2.59. The lowest BCUT2D eigenvalue weighted by atomic mass is 10.1. The van der Waals surface area contributed by atoms with Crippen LogP contribution in [0.4, 0.5) is 5.13 Å². The van der Waals surface area contributed by atoms with Crippen LogP contribution in [0.3, 0.4) is 0 Å². The van der Waals surface area contributed by atoms with Crippen LogP contribution in [0.25, 0.3) is 11.3 Å². The van der Waals surface area contributed by atoms with Gasteiger partial charge in [-0.2, -0.15) is 0 Å². The molecule has 1 amide bonds. The normalized spacial score (nSPS) is 12.1. The van der Waals surface area contributed by atoms with Crippen molar-refractivity contribution < 1.29 is 4.79 Å². The van der Waals surface area contributed by atoms with Gasteiger partial charge in [0.25, 0.3) is 0 Å². The van der Waals surface area contributed by atoms with Gasteiger partial charge in [-0.05, 0) is 6.42 Å². The van der Waals surface area contributed by atoms with E-state index in [0.717, 1.165) is 24.1 Å². The molecule has 0 saturated heterocycles. The molecule has 0 aliphatic rings. The lowest BCUT2D eigenvalue weighted by Gasteiger charge is -2.08. The highest BCUT2D eigenvalue weighted by atomic mass is 32.1. The van der Waals surface area contributed by atoms with Gasteiger partial charge in [-0.1, -0.05) is 50.6 Å². The second kappa shape index (κ2) is 6.48. The second-order valence-corrected chi connectivity index (χ2v) is 5.44. The molecule has 1 aromatic heterocycles. The summed E-state index contributed by atoms with van der Waals surface area (Å²) in [6.45, 7) is 4.03. The highest BCUT2D eigenvalue weighted by molar-refractivity contribution is 7.14. The van der Waals surface area contributed by atoms with Gasteiger partial charge in [0.1, 0.15) is 0 Å². The molecule has 0 spiro atoms. The molecule has 100 valence electrons. The maximum Gasteiger partial charge on any atom is 0.228 e. The molecule has 1 atom stereocenters. The predicted molar refractivity (Wildman–Crippen MR) is 80.3 cm³/mol. The lowest BCUT2D eigenvalue weighted by molar-refractivity contribution is -0.119. The quantitative estimate of drug-likeness (QED) is 0.888. The van der Waals surface area contributed by atoms with Crippen molar-refractivity contribution >= 4 is 22.4 Å². The number of aromatic nitrogens is 1. The number of rotatable bonds is 5. The Labute approximate surface area is 117 Å². The zero-order chi connectivity index (χ0) is 13.7. The number of hydrogen-bond acceptors (Lipinski definition) is 3. The van der Waals surface area contributed by atoms with Crippen LogP contribution in [0.1, 0.15) is 26.7 Å². The van der Waals surface area contributed by atoms with E-state index in [-0.39, 0.29) is 11.8 Å². The van der Waals surface area contributed by atoms with Crippen LogP contribution >= 0.6 is 11.3 Å². The van der Waals surface area contributed by atoms with Crippen molar-refractivity contribution in [3.8, 4) is 11.3 Å². The van der Waals surface area contributed by atoms with Crippen LogP contribution in [-0.2, 0) is 4.79 Å². The number of thiazole rings is 1. The van der Waals surface area contributed by atoms with Crippen LogP contribution in [-0.4, -0.2) is 10.9 Å². The monoisotopic (exact) mass is 274 g/mol. The average molecular weight is 274 g/mol. The van der Waals surface area contributed by atoms with E-state index in [4.69, 9.17) is 0 Å². The molecule has 0 fully saturated rings. The topological polar surface area (TPSA) is 42.0 Å². The van der Waals surface area contributed by atoms with Crippen LogP contribution < -0.4 is 5.32 Å². The fraction of sp³-hybridized carbons (Fsp3) is 0.333. The Balaban J connectivity index is 2.04. The molecular formula is C15H18N2OS. The summed E-state index contributed by atoms with van der Waals surface area (Å²) in [4.78, 5) is 16.4. The summed E-state index contributed by atoms with van der Waals surface area (Å²) < 4.78 is 0. The third-order valence-corrected chi connectivity index (χ3v) is 3.73. The summed E-state index contributed by atoms with van der Waals surface area (Å²) in [5.41, 5.74) is 1.98. The van der Waals surface area contributed by atoms with Crippen molar-refractivity contribution in [2.24, 2.45) is 5.92 Å². The molecule has 0 bridgehead atoms. The van der Waals surface area contributed by atoms with Crippen molar-refractivity contribution in [2.45, 2.75) is 26.7 Å². The highest BCUT2D eigenvalue weighted by Gasteiger charge is 2.13. The van der Waals surface area contributed by atoms with Gasteiger partial charge in [-0.3, -0.25) is 4.79 Å². The summed E-state index contributed by atoms with van der Waals surface area (Å²) >= 11 is 1.47. The zero-order valence-electron chi connectivity index (χ0n) is 11.2. The molecule has 0 aliphatic carbocycles. The summed E-state index contributed by atoms with van der Waals surface area (Å²) in [5.74, 6) is 0.0879. The van der Waals surface area contributed by atoms with Crippen LogP contribution in [0.15, 0.2) is 35.7 Å². The second-order valence-electron chi connectivity index (χ2n) is 4.58. The van der Waals surface area contributed by atoms with E-state index in [0.29, 0.717) is 5.13 Å². The maximum atomic E-state index is 11.9. The molecule has 4 heteroatoms. The van der Waals surface area contributed by atoms with Crippen LogP contribution in [0, 0.1) is 5.92 Å². The smallest absolute Gasteiger partial charge is 0.228 e. The number of nitrogens with one attached hydrogen (secondary N) is 1. The summed E-state index contributed by atoms with van der Waals surface area (Å²) in [7, 11) is 0. The Morgan fingerprint density at radius 1 is 1.37 bits per heavy atom. The number of amides is 1. The minimum atomic E-state index is 0.0362. The van der Waals surface area contributed by atoms with Crippen molar-refractivity contribution in [2.75, 3.05) is 5.32 Å². The minimum absolute atomic E-state index is 0.0362. The first-order valence-corrected chi connectivity index (χ1v) is 7.40. The van der Waals surface area contributed by atoms with Gasteiger partial charge in [0.2, 0.25) is 5.91 Å². The summed E-state index contributed by atoms with van der Waals surface area (Å²) in [6.07, 6.45) is 1.92. The van der Waals surface area contributed by atoms with Gasteiger partial charge in [0.05, 0.1) is 5.69 Å². The van der Waals surface area contributed by atoms with Gasteiger partial charge in [0, 0.05) is 16.9 Å². The van der Waals surface area contributed by atoms with E-state index in [1.165, 1.54) is 11.3 Å². The Bertz CT molecular complexity index is 536. The summed E-state index contributed by atoms with van der Waals surface area (Å²) in [5, 5.41) is 5.53. The molecule has 0 saturated carbocycles. The third-order valence-electron chi connectivity index (χ3n) is 2.97. The molecule has 1 heterocycles. The molecule has 0 radical (unpaired) electrons. The first-order chi connectivity index (χ1) is 9.20. The zero-order valence-corrected chi connectivity index (χ0v) is 12.0. The van der Waals surface area contributed by atoms with Gasteiger partial charge in [0.15, 0.2) is 5.13 Å². The van der Waals surface area contributed by atoms with Gasteiger partial charge in [-0.15, -0.1) is 11.3 Å². The van der Waals surface area contributed by atoms with E-state index >= 15 is 0 Å². The molecule has 1 unspecified atom stereocenters. The minimum Gasteiger partial charge on any atom is -0.302 e. The molecule has 3 nitrogen and oxygen atoms in total. The standard InChI is InChI=1S/C15H18N2OS/c1-3-7-11(2)14(18)17-15-16-13(10-19-15)12-8-5-4-6-9-12/h4-6,8-11H,3,7H2,1-2H3,(H,16,17,18). The van der Waals surface area contributed by atoms with E-state index in [1.54, 1.807) is 0 Å². The summed E-state index contributed by atoms with van der Waals surface area (Å²) in [6, 6.07) is 9.97. The number of hydrogen-bond donors (Lipinski definition) is 1. The third kappa shape index (κ3) is 3.64. The molecular weight excluding hydrogens is 256 g/mol. The average Bonchev–Trinajstić information content (AvgIpc) is 2.88. The van der Waals surface area contributed by atoms with E-state index in [9.17, 15) is 4.79 Å². The number of anilines is 1. The van der Waals surface area contributed by atoms with Crippen LogP contribution in [0.5, 0.6) is 0 Å². The Kier molecular flexibility index (Phi) is 4.68. The van der Waals surface area contributed by atoms with Crippen molar-refractivity contribution in [1.82, 2.24) is 4.98 Å². The first-order valence-electron chi connectivity index (χ1n) is 6.52. The van der Waals surface area contributed by atoms with Crippen molar-refractivity contribution in [3.05, 3.63) is 35.7 Å². The Hall–Kier alpha value is -1.68. The number of carbonyl (C=O) groups is 1.